The molecule has 0 aliphatic heterocycles. The Morgan fingerprint density at radius 2 is 2.00 bits per heavy atom. The third-order valence-electron chi connectivity index (χ3n) is 2.83. The molecule has 0 amide bonds. The second kappa shape index (κ2) is 4.93. The summed E-state index contributed by atoms with van der Waals surface area (Å²) < 4.78 is 5.20. The second-order valence-corrected chi connectivity index (χ2v) is 4.14. The summed E-state index contributed by atoms with van der Waals surface area (Å²) in [6.45, 7) is 1.79. The van der Waals surface area contributed by atoms with Crippen LogP contribution >= 0.6 is 0 Å². The van der Waals surface area contributed by atoms with Gasteiger partial charge in [-0.2, -0.15) is 10.2 Å². The van der Waals surface area contributed by atoms with Crippen molar-refractivity contribution in [2.45, 2.75) is 6.92 Å². The summed E-state index contributed by atoms with van der Waals surface area (Å²) in [5.74, 6) is 0.402. The normalized spacial score (nSPS) is 10.1. The number of methoxy groups -OCH3 is 1. The van der Waals surface area contributed by atoms with Crippen LogP contribution in [0.5, 0.6) is 11.5 Å². The fraction of sp³-hybridized carbons (Fsp3) is 0.154. The lowest BCUT2D eigenvalue weighted by Gasteiger charge is -2.12. The van der Waals surface area contributed by atoms with Crippen LogP contribution in [-0.2, 0) is 0 Å². The first-order valence-corrected chi connectivity index (χ1v) is 5.69. The number of aryl methyl sites for hydroxylation is 1. The first-order valence-electron chi connectivity index (χ1n) is 5.69. The average Bonchev–Trinajstić information content (AvgIpc) is 2.38. The number of ether oxygens (including phenoxy) is 1. The molecule has 2 aromatic rings. The van der Waals surface area contributed by atoms with Crippen LogP contribution in [0.15, 0.2) is 12.1 Å². The van der Waals surface area contributed by atoms with Crippen LogP contribution < -0.4 is 16.2 Å². The molecule has 0 aliphatic carbocycles. The first-order chi connectivity index (χ1) is 9.47. The molecule has 102 valence electrons. The molecule has 0 unspecified atom stereocenters. The number of phenols is 1. The van der Waals surface area contributed by atoms with Gasteiger partial charge in [0, 0.05) is 5.56 Å². The smallest absolute Gasteiger partial charge is 0.222 e. The Bertz CT molecular complexity index is 722. The highest BCUT2D eigenvalue weighted by Gasteiger charge is 2.18. The monoisotopic (exact) mass is 271 g/mol. The van der Waals surface area contributed by atoms with Gasteiger partial charge in [-0.15, -0.1) is 0 Å². The number of hydrogen-bond donors (Lipinski definition) is 3. The van der Waals surface area contributed by atoms with Gasteiger partial charge in [-0.25, -0.2) is 4.98 Å². The third kappa shape index (κ3) is 2.14. The van der Waals surface area contributed by atoms with Crippen molar-refractivity contribution in [2.75, 3.05) is 18.6 Å². The number of nitrogens with two attached hydrogens (primary N) is 2. The van der Waals surface area contributed by atoms with E-state index < -0.39 is 0 Å². The summed E-state index contributed by atoms with van der Waals surface area (Å²) in [6, 6.07) is 5.01. The molecule has 2 rings (SSSR count). The van der Waals surface area contributed by atoms with Gasteiger partial charge in [0.15, 0.2) is 0 Å². The van der Waals surface area contributed by atoms with E-state index in [1.807, 2.05) is 6.07 Å². The molecule has 0 aliphatic rings. The Morgan fingerprint density at radius 3 is 2.60 bits per heavy atom. The minimum atomic E-state index is -0.0737. The van der Waals surface area contributed by atoms with Crippen molar-refractivity contribution in [3.63, 3.8) is 0 Å². The molecule has 0 fully saturated rings. The van der Waals surface area contributed by atoms with Crippen molar-refractivity contribution in [3.8, 4) is 28.8 Å². The van der Waals surface area contributed by atoms with Crippen LogP contribution in [0.3, 0.4) is 0 Å². The number of hydrogen-bond acceptors (Lipinski definition) is 7. The number of nitriles is 1. The van der Waals surface area contributed by atoms with E-state index in [2.05, 4.69) is 9.97 Å². The number of nitrogen functional groups attached to an aromatic ring is 2. The Morgan fingerprint density at radius 1 is 1.30 bits per heavy atom. The highest BCUT2D eigenvalue weighted by atomic mass is 16.5. The number of aromatic hydroxyl groups is 1. The fourth-order valence-corrected chi connectivity index (χ4v) is 1.88. The molecule has 7 heteroatoms. The zero-order chi connectivity index (χ0) is 14.9. The van der Waals surface area contributed by atoms with Crippen molar-refractivity contribution in [3.05, 3.63) is 23.3 Å². The van der Waals surface area contributed by atoms with Crippen molar-refractivity contribution >= 4 is 11.8 Å². The molecule has 1 heterocycles. The van der Waals surface area contributed by atoms with Crippen LogP contribution in [-0.4, -0.2) is 22.2 Å². The molecule has 0 radical (unpaired) electrons. The lowest BCUT2D eigenvalue weighted by atomic mass is 10.0. The Balaban J connectivity index is 2.78. The van der Waals surface area contributed by atoms with Gasteiger partial charge in [-0.3, -0.25) is 0 Å². The van der Waals surface area contributed by atoms with E-state index >= 15 is 0 Å². The molecule has 0 saturated carbocycles. The highest BCUT2D eigenvalue weighted by Crippen LogP contribution is 2.36. The summed E-state index contributed by atoms with van der Waals surface area (Å²) in [6.07, 6.45) is 0. The number of rotatable bonds is 2. The molecular weight excluding hydrogens is 258 g/mol. The summed E-state index contributed by atoms with van der Waals surface area (Å²) in [4.78, 5) is 7.72. The molecule has 0 saturated heterocycles. The van der Waals surface area contributed by atoms with E-state index in [1.54, 1.807) is 13.0 Å². The SMILES string of the molecule is COc1cc(-c2nc(N)nc(N)c2C#N)c(O)cc1C. The van der Waals surface area contributed by atoms with Crippen LogP contribution in [0.4, 0.5) is 11.8 Å². The molecule has 7 nitrogen and oxygen atoms in total. The maximum atomic E-state index is 10.1. The molecule has 0 atom stereocenters. The second-order valence-electron chi connectivity index (χ2n) is 4.14. The summed E-state index contributed by atoms with van der Waals surface area (Å²) in [5, 5.41) is 19.2. The zero-order valence-electron chi connectivity index (χ0n) is 11.0. The quantitative estimate of drug-likeness (QED) is 0.747. The van der Waals surface area contributed by atoms with E-state index in [1.165, 1.54) is 13.2 Å². The fourth-order valence-electron chi connectivity index (χ4n) is 1.88. The lowest BCUT2D eigenvalue weighted by Crippen LogP contribution is -2.05. The van der Waals surface area contributed by atoms with Gasteiger partial charge < -0.3 is 21.3 Å². The maximum absolute atomic E-state index is 10.1. The molecule has 20 heavy (non-hydrogen) atoms. The third-order valence-corrected chi connectivity index (χ3v) is 2.83. The van der Waals surface area contributed by atoms with Gasteiger partial charge >= 0.3 is 0 Å². The van der Waals surface area contributed by atoms with Crippen LogP contribution in [0.25, 0.3) is 11.3 Å². The highest BCUT2D eigenvalue weighted by molar-refractivity contribution is 5.78. The van der Waals surface area contributed by atoms with E-state index in [0.717, 1.165) is 5.56 Å². The Hall–Kier alpha value is -3.01. The number of aromatic nitrogens is 2. The van der Waals surface area contributed by atoms with E-state index in [9.17, 15) is 5.11 Å². The van der Waals surface area contributed by atoms with Crippen molar-refractivity contribution in [2.24, 2.45) is 0 Å². The molecule has 1 aromatic carbocycles. The van der Waals surface area contributed by atoms with Gasteiger partial charge in [-0.05, 0) is 24.6 Å². The van der Waals surface area contributed by atoms with Crippen molar-refractivity contribution < 1.29 is 9.84 Å². The summed E-state index contributed by atoms with van der Waals surface area (Å²) >= 11 is 0. The first kappa shape index (κ1) is 13.4. The predicted molar refractivity (Wildman–Crippen MR) is 74.0 cm³/mol. The number of anilines is 2. The summed E-state index contributed by atoms with van der Waals surface area (Å²) in [5.41, 5.74) is 12.5. The number of nitrogens with zero attached hydrogens (tertiary/aromatic N) is 3. The molecule has 0 spiro atoms. The van der Waals surface area contributed by atoms with Crippen molar-refractivity contribution in [1.29, 1.82) is 5.26 Å². The van der Waals surface area contributed by atoms with Gasteiger partial charge in [-0.1, -0.05) is 0 Å². The van der Waals surface area contributed by atoms with E-state index in [4.69, 9.17) is 21.5 Å². The molecule has 0 bridgehead atoms. The van der Waals surface area contributed by atoms with E-state index in [0.29, 0.717) is 11.3 Å². The minimum absolute atomic E-state index is 0.0334. The predicted octanol–water partition coefficient (Wildman–Crippen LogP) is 1.20. The zero-order valence-corrected chi connectivity index (χ0v) is 11.0. The van der Waals surface area contributed by atoms with Crippen molar-refractivity contribution in [1.82, 2.24) is 9.97 Å². The van der Waals surface area contributed by atoms with Crippen LogP contribution in [0.2, 0.25) is 0 Å². The number of benzene rings is 1. The molecular formula is C13H13N5O2. The van der Waals surface area contributed by atoms with E-state index in [-0.39, 0.29) is 28.8 Å². The summed E-state index contributed by atoms with van der Waals surface area (Å²) in [7, 11) is 1.51. The van der Waals surface area contributed by atoms with Crippen LogP contribution in [0.1, 0.15) is 11.1 Å². The number of phenolic OH excluding ortho intramolecular Hbond substituents is 1. The largest absolute Gasteiger partial charge is 0.507 e. The standard InChI is InChI=1S/C13H13N5O2/c1-6-3-9(19)7(4-10(6)20-2)11-8(5-14)12(15)18-13(16)17-11/h3-4,19H,1-2H3,(H4,15,16,17,18). The Labute approximate surface area is 115 Å². The van der Waals surface area contributed by atoms with Gasteiger partial charge in [0.25, 0.3) is 0 Å². The van der Waals surface area contributed by atoms with Gasteiger partial charge in [0.2, 0.25) is 5.95 Å². The minimum Gasteiger partial charge on any atom is -0.507 e. The lowest BCUT2D eigenvalue weighted by molar-refractivity contribution is 0.409. The average molecular weight is 271 g/mol. The topological polar surface area (TPSA) is 131 Å². The molecule has 5 N–H and O–H groups in total. The van der Waals surface area contributed by atoms with Gasteiger partial charge in [0.1, 0.15) is 28.9 Å². The Kier molecular flexibility index (Phi) is 3.31. The van der Waals surface area contributed by atoms with Gasteiger partial charge in [0.05, 0.1) is 12.8 Å². The van der Waals surface area contributed by atoms with Crippen LogP contribution in [0, 0.1) is 18.3 Å². The maximum Gasteiger partial charge on any atom is 0.222 e. The molecule has 1 aromatic heterocycles.